The topological polar surface area (TPSA) is 51.2 Å². The molecule has 1 heterocycles. The molecule has 0 saturated heterocycles. The van der Waals surface area contributed by atoms with Crippen LogP contribution in [-0.2, 0) is 11.4 Å². The molecule has 0 spiro atoms. The molecule has 6 heteroatoms. The zero-order chi connectivity index (χ0) is 18.5. The van der Waals surface area contributed by atoms with Gasteiger partial charge in [0.05, 0.1) is 5.69 Å². The van der Waals surface area contributed by atoms with E-state index in [1.807, 2.05) is 55.1 Å². The van der Waals surface area contributed by atoms with Gasteiger partial charge in [-0.05, 0) is 36.8 Å². The first kappa shape index (κ1) is 18.6. The lowest BCUT2D eigenvalue weighted by Gasteiger charge is -2.18. The van der Waals surface area contributed by atoms with Crippen LogP contribution in [0.2, 0.25) is 0 Å². The normalized spacial score (nSPS) is 10.7. The van der Waals surface area contributed by atoms with E-state index < -0.39 is 0 Å². The summed E-state index contributed by atoms with van der Waals surface area (Å²) in [6, 6.07) is 11.9. The van der Waals surface area contributed by atoms with Gasteiger partial charge in [-0.2, -0.15) is 0 Å². The van der Waals surface area contributed by atoms with Gasteiger partial charge in [-0.3, -0.25) is 9.78 Å². The van der Waals surface area contributed by atoms with Crippen LogP contribution < -0.4 is 10.1 Å². The maximum atomic E-state index is 11.5. The Balaban J connectivity index is 1.96. The lowest BCUT2D eigenvalue weighted by Crippen LogP contribution is -2.09. The molecule has 0 unspecified atom stereocenters. The Labute approximate surface area is 161 Å². The summed E-state index contributed by atoms with van der Waals surface area (Å²) in [5.74, 6) is 0.750. The SMILES string of the molecule is CSc1ccc(NC(C)=O)c(SC)c1COc1cccc2cnccc12. The molecular formula is C20H20N2O2S2. The molecule has 0 aliphatic rings. The predicted octanol–water partition coefficient (Wildman–Crippen LogP) is 5.22. The summed E-state index contributed by atoms with van der Waals surface area (Å²) in [5, 5.41) is 5.00. The van der Waals surface area contributed by atoms with Crippen molar-refractivity contribution in [2.75, 3.05) is 17.8 Å². The van der Waals surface area contributed by atoms with Crippen molar-refractivity contribution in [1.29, 1.82) is 0 Å². The van der Waals surface area contributed by atoms with Crippen molar-refractivity contribution < 1.29 is 9.53 Å². The van der Waals surface area contributed by atoms with Gasteiger partial charge in [0.2, 0.25) is 5.91 Å². The van der Waals surface area contributed by atoms with E-state index in [-0.39, 0.29) is 5.91 Å². The lowest BCUT2D eigenvalue weighted by atomic mass is 10.1. The van der Waals surface area contributed by atoms with Gasteiger partial charge in [-0.1, -0.05) is 12.1 Å². The Kier molecular flexibility index (Phi) is 6.06. The third-order valence-corrected chi connectivity index (χ3v) is 5.66. The van der Waals surface area contributed by atoms with Crippen LogP contribution in [0.25, 0.3) is 10.8 Å². The highest BCUT2D eigenvalue weighted by molar-refractivity contribution is 7.99. The lowest BCUT2D eigenvalue weighted by molar-refractivity contribution is -0.114. The second-order valence-electron chi connectivity index (χ2n) is 5.65. The summed E-state index contributed by atoms with van der Waals surface area (Å²) in [6.45, 7) is 1.95. The van der Waals surface area contributed by atoms with E-state index in [0.717, 1.165) is 37.6 Å². The quantitative estimate of drug-likeness (QED) is 0.591. The Morgan fingerprint density at radius 3 is 2.73 bits per heavy atom. The number of anilines is 1. The number of hydrogen-bond acceptors (Lipinski definition) is 5. The van der Waals surface area contributed by atoms with Crippen LogP contribution >= 0.6 is 23.5 Å². The van der Waals surface area contributed by atoms with Crippen molar-refractivity contribution >= 4 is 45.9 Å². The highest BCUT2D eigenvalue weighted by Crippen LogP contribution is 2.37. The second-order valence-corrected chi connectivity index (χ2v) is 7.31. The van der Waals surface area contributed by atoms with Gasteiger partial charge < -0.3 is 10.1 Å². The van der Waals surface area contributed by atoms with E-state index in [4.69, 9.17) is 4.74 Å². The number of pyridine rings is 1. The molecule has 134 valence electrons. The number of ether oxygens (including phenoxy) is 1. The Morgan fingerprint density at radius 2 is 2.00 bits per heavy atom. The van der Waals surface area contributed by atoms with Crippen molar-refractivity contribution in [2.24, 2.45) is 0 Å². The molecule has 1 N–H and O–H groups in total. The van der Waals surface area contributed by atoms with Crippen LogP contribution in [-0.4, -0.2) is 23.4 Å². The standard InChI is InChI=1S/C20H20N2O2S2/c1-13(23)22-17-7-8-19(25-2)16(20(17)26-3)12-24-18-6-4-5-14-11-21-10-9-15(14)18/h4-11H,12H2,1-3H3,(H,22,23). The molecule has 1 aromatic heterocycles. The fraction of sp³-hybridized carbons (Fsp3) is 0.200. The van der Waals surface area contributed by atoms with Crippen LogP contribution in [0.3, 0.4) is 0 Å². The molecule has 0 fully saturated rings. The third-order valence-electron chi connectivity index (χ3n) is 3.97. The number of carbonyl (C=O) groups is 1. The molecule has 0 atom stereocenters. The average molecular weight is 385 g/mol. The number of fused-ring (bicyclic) bond motifs is 1. The zero-order valence-corrected chi connectivity index (χ0v) is 16.5. The highest BCUT2D eigenvalue weighted by Gasteiger charge is 2.15. The second kappa shape index (κ2) is 8.47. The molecule has 0 radical (unpaired) electrons. The van der Waals surface area contributed by atoms with Crippen molar-refractivity contribution in [3.05, 3.63) is 54.4 Å². The van der Waals surface area contributed by atoms with Gasteiger partial charge in [-0.15, -0.1) is 23.5 Å². The largest absolute Gasteiger partial charge is 0.488 e. The van der Waals surface area contributed by atoms with Gasteiger partial charge in [0.1, 0.15) is 12.4 Å². The molecule has 3 rings (SSSR count). The number of nitrogens with zero attached hydrogens (tertiary/aromatic N) is 1. The van der Waals surface area contributed by atoms with Crippen LogP contribution in [0.4, 0.5) is 5.69 Å². The molecule has 2 aromatic carbocycles. The highest BCUT2D eigenvalue weighted by atomic mass is 32.2. The summed E-state index contributed by atoms with van der Waals surface area (Å²) in [7, 11) is 0. The summed E-state index contributed by atoms with van der Waals surface area (Å²) in [4.78, 5) is 17.9. The van der Waals surface area contributed by atoms with Crippen LogP contribution in [0.1, 0.15) is 12.5 Å². The van der Waals surface area contributed by atoms with Gasteiger partial charge in [-0.25, -0.2) is 0 Å². The fourth-order valence-corrected chi connectivity index (χ4v) is 4.26. The summed E-state index contributed by atoms with van der Waals surface area (Å²) in [6.07, 6.45) is 7.66. The molecule has 0 aliphatic heterocycles. The predicted molar refractivity (Wildman–Crippen MR) is 110 cm³/mol. The van der Waals surface area contributed by atoms with Crippen molar-refractivity contribution in [3.8, 4) is 5.75 Å². The van der Waals surface area contributed by atoms with Crippen LogP contribution in [0.15, 0.2) is 58.6 Å². The number of hydrogen-bond donors (Lipinski definition) is 1. The van der Waals surface area contributed by atoms with E-state index >= 15 is 0 Å². The van der Waals surface area contributed by atoms with Crippen LogP contribution in [0, 0.1) is 0 Å². The first-order valence-electron chi connectivity index (χ1n) is 8.11. The molecule has 0 aliphatic carbocycles. The van der Waals surface area contributed by atoms with Crippen molar-refractivity contribution in [3.63, 3.8) is 0 Å². The smallest absolute Gasteiger partial charge is 0.221 e. The number of rotatable bonds is 6. The molecule has 0 saturated carbocycles. The maximum Gasteiger partial charge on any atom is 0.221 e. The number of carbonyl (C=O) groups excluding carboxylic acids is 1. The van der Waals surface area contributed by atoms with Gasteiger partial charge >= 0.3 is 0 Å². The molecule has 0 bridgehead atoms. The zero-order valence-electron chi connectivity index (χ0n) is 14.9. The Morgan fingerprint density at radius 1 is 1.15 bits per heavy atom. The summed E-state index contributed by atoms with van der Waals surface area (Å²) < 4.78 is 6.18. The van der Waals surface area contributed by atoms with E-state index in [0.29, 0.717) is 6.61 Å². The molecule has 26 heavy (non-hydrogen) atoms. The first-order chi connectivity index (χ1) is 12.6. The minimum Gasteiger partial charge on any atom is -0.488 e. The third kappa shape index (κ3) is 3.97. The Bertz CT molecular complexity index is 939. The minimum atomic E-state index is -0.0781. The number of benzene rings is 2. The minimum absolute atomic E-state index is 0.0781. The van der Waals surface area contributed by atoms with Gasteiger partial charge in [0.15, 0.2) is 0 Å². The monoisotopic (exact) mass is 384 g/mol. The Hall–Kier alpha value is -2.18. The van der Waals surface area contributed by atoms with Crippen molar-refractivity contribution in [2.45, 2.75) is 23.3 Å². The first-order valence-corrected chi connectivity index (χ1v) is 10.6. The number of nitrogens with one attached hydrogen (secondary N) is 1. The number of amides is 1. The fourth-order valence-electron chi connectivity index (χ4n) is 2.83. The summed E-state index contributed by atoms with van der Waals surface area (Å²) >= 11 is 3.29. The summed E-state index contributed by atoms with van der Waals surface area (Å²) in [5.41, 5.74) is 1.91. The maximum absolute atomic E-state index is 11.5. The van der Waals surface area contributed by atoms with E-state index in [9.17, 15) is 4.79 Å². The average Bonchev–Trinajstić information content (AvgIpc) is 2.65. The van der Waals surface area contributed by atoms with Crippen molar-refractivity contribution in [1.82, 2.24) is 4.98 Å². The molecular weight excluding hydrogens is 364 g/mol. The number of aromatic nitrogens is 1. The molecule has 1 amide bonds. The molecule has 3 aromatic rings. The van der Waals surface area contributed by atoms with E-state index in [2.05, 4.69) is 10.3 Å². The van der Waals surface area contributed by atoms with Gasteiger partial charge in [0, 0.05) is 45.4 Å². The van der Waals surface area contributed by atoms with Gasteiger partial charge in [0.25, 0.3) is 0 Å². The van der Waals surface area contributed by atoms with E-state index in [1.54, 1.807) is 29.7 Å². The van der Waals surface area contributed by atoms with Crippen LogP contribution in [0.5, 0.6) is 5.75 Å². The van der Waals surface area contributed by atoms with E-state index in [1.165, 1.54) is 6.92 Å². The number of thioether (sulfide) groups is 2. The molecule has 4 nitrogen and oxygen atoms in total.